The van der Waals surface area contributed by atoms with Crippen LogP contribution in [-0.2, 0) is 0 Å². The van der Waals surface area contributed by atoms with Crippen molar-refractivity contribution in [1.82, 2.24) is 5.32 Å². The Kier molecular flexibility index (Phi) is 43.5. The van der Waals surface area contributed by atoms with Gasteiger partial charge in [-0.3, -0.25) is 0 Å². The molecule has 0 aromatic rings. The summed E-state index contributed by atoms with van der Waals surface area (Å²) in [6.45, 7) is 5.64. The first-order chi connectivity index (χ1) is 20.3. The van der Waals surface area contributed by atoms with Gasteiger partial charge >= 0.3 is 0 Å². The van der Waals surface area contributed by atoms with Crippen molar-refractivity contribution in [3.05, 3.63) is 0 Å². The Balaban J connectivity index is 0. The van der Waals surface area contributed by atoms with Crippen LogP contribution in [0.15, 0.2) is 0 Å². The summed E-state index contributed by atoms with van der Waals surface area (Å²) in [7, 11) is 0. The largest absolute Gasteiger partial charge is 0.395 e. The first kappa shape index (κ1) is 44.3. The van der Waals surface area contributed by atoms with E-state index in [2.05, 4.69) is 19.2 Å². The first-order valence-electron chi connectivity index (χ1n) is 19.7. The minimum Gasteiger partial charge on any atom is -0.395 e. The van der Waals surface area contributed by atoms with E-state index in [0.29, 0.717) is 6.04 Å². The van der Waals surface area contributed by atoms with Crippen molar-refractivity contribution in [2.24, 2.45) is 0 Å². The molecule has 0 unspecified atom stereocenters. The predicted molar refractivity (Wildman–Crippen MR) is 194 cm³/mol. The predicted octanol–water partition coefficient (Wildman–Crippen LogP) is 13.7. The topological polar surface area (TPSA) is 32.3 Å². The van der Waals surface area contributed by atoms with Gasteiger partial charge in [-0.1, -0.05) is 219 Å². The molecule has 0 saturated carbocycles. The fourth-order valence-electron chi connectivity index (χ4n) is 6.49. The third-order valence-electron chi connectivity index (χ3n) is 9.36. The molecular formula is C39H82ClNO. The smallest absolute Gasteiger partial charge is 0.0556 e. The van der Waals surface area contributed by atoms with E-state index in [-0.39, 0.29) is 19.0 Å². The average Bonchev–Trinajstić information content (AvgIpc) is 2.98. The van der Waals surface area contributed by atoms with Crippen LogP contribution in [0.3, 0.4) is 0 Å². The van der Waals surface area contributed by atoms with Crippen LogP contribution >= 0.6 is 12.4 Å². The molecule has 0 atom stereocenters. The van der Waals surface area contributed by atoms with Crippen LogP contribution in [0, 0.1) is 0 Å². The molecule has 0 rings (SSSR count). The highest BCUT2D eigenvalue weighted by Crippen LogP contribution is 2.17. The number of aliphatic hydroxyl groups excluding tert-OH is 1. The molecule has 0 amide bonds. The third kappa shape index (κ3) is 38.2. The molecule has 0 spiro atoms. The molecule has 0 aliphatic heterocycles. The van der Waals surface area contributed by atoms with Crippen molar-refractivity contribution in [2.75, 3.05) is 13.2 Å². The molecule has 0 aliphatic carbocycles. The van der Waals surface area contributed by atoms with Gasteiger partial charge in [0.25, 0.3) is 0 Å². The molecule has 0 aromatic heterocycles. The number of unbranched alkanes of at least 4 members (excludes halogenated alkanes) is 30. The van der Waals surface area contributed by atoms with Gasteiger partial charge < -0.3 is 10.4 Å². The van der Waals surface area contributed by atoms with Crippen molar-refractivity contribution < 1.29 is 5.11 Å². The van der Waals surface area contributed by atoms with Gasteiger partial charge in [-0.15, -0.1) is 12.4 Å². The lowest BCUT2D eigenvalue weighted by Gasteiger charge is -2.18. The molecule has 3 heteroatoms. The minimum absolute atomic E-state index is 0. The molecule has 0 saturated heterocycles. The van der Waals surface area contributed by atoms with Gasteiger partial charge in [0, 0.05) is 12.6 Å². The lowest BCUT2D eigenvalue weighted by atomic mass is 9.99. The Morgan fingerprint density at radius 1 is 0.357 bits per heavy atom. The average molecular weight is 617 g/mol. The van der Waals surface area contributed by atoms with E-state index >= 15 is 0 Å². The van der Waals surface area contributed by atoms with Gasteiger partial charge in [0.05, 0.1) is 6.61 Å². The quantitative estimate of drug-likeness (QED) is 0.0681. The van der Waals surface area contributed by atoms with Crippen LogP contribution in [-0.4, -0.2) is 24.3 Å². The summed E-state index contributed by atoms with van der Waals surface area (Å²) in [5, 5.41) is 12.9. The van der Waals surface area contributed by atoms with E-state index in [0.717, 1.165) is 6.54 Å². The summed E-state index contributed by atoms with van der Waals surface area (Å²) in [5.74, 6) is 0. The monoisotopic (exact) mass is 616 g/mol. The molecule has 0 aliphatic rings. The van der Waals surface area contributed by atoms with E-state index in [9.17, 15) is 5.11 Å². The van der Waals surface area contributed by atoms with Gasteiger partial charge in [-0.25, -0.2) is 0 Å². The van der Waals surface area contributed by atoms with Crippen molar-refractivity contribution >= 4 is 12.4 Å². The van der Waals surface area contributed by atoms with E-state index in [1.165, 1.54) is 218 Å². The van der Waals surface area contributed by atoms with E-state index < -0.39 is 0 Å². The molecule has 256 valence electrons. The van der Waals surface area contributed by atoms with Gasteiger partial charge in [0.15, 0.2) is 0 Å². The normalized spacial score (nSPS) is 11.4. The number of hydrogen-bond acceptors (Lipinski definition) is 2. The van der Waals surface area contributed by atoms with Crippen LogP contribution in [0.1, 0.15) is 232 Å². The van der Waals surface area contributed by atoms with Gasteiger partial charge in [-0.2, -0.15) is 0 Å². The highest BCUT2D eigenvalue weighted by atomic mass is 35.5. The maximum absolute atomic E-state index is 9.28. The van der Waals surface area contributed by atoms with Gasteiger partial charge in [-0.05, 0) is 12.8 Å². The summed E-state index contributed by atoms with van der Waals surface area (Å²) in [6, 6.07) is 0.625. The zero-order valence-electron chi connectivity index (χ0n) is 29.4. The molecule has 42 heavy (non-hydrogen) atoms. The number of nitrogens with one attached hydrogen (secondary N) is 1. The van der Waals surface area contributed by atoms with Gasteiger partial charge in [0.1, 0.15) is 0 Å². The number of halogens is 1. The maximum Gasteiger partial charge on any atom is 0.0556 e. The summed E-state index contributed by atoms with van der Waals surface area (Å²) < 4.78 is 0. The highest BCUT2D eigenvalue weighted by molar-refractivity contribution is 5.85. The van der Waals surface area contributed by atoms with Crippen molar-refractivity contribution in [1.29, 1.82) is 0 Å². The van der Waals surface area contributed by atoms with Crippen molar-refractivity contribution in [2.45, 2.75) is 238 Å². The lowest BCUT2D eigenvalue weighted by molar-refractivity contribution is 0.277. The maximum atomic E-state index is 9.28. The van der Waals surface area contributed by atoms with Crippen LogP contribution in [0.4, 0.5) is 0 Å². The Hall–Kier alpha value is 0.210. The fraction of sp³-hybridized carbons (Fsp3) is 1.00. The Bertz CT molecular complexity index is 410. The SMILES string of the molecule is CCCCCCCCCCCCCCCCCCC(CCCCCCCCCCCCCCCCCC)NCCO.Cl. The fourth-order valence-corrected chi connectivity index (χ4v) is 6.49. The lowest BCUT2D eigenvalue weighted by Crippen LogP contribution is -2.31. The zero-order valence-corrected chi connectivity index (χ0v) is 30.2. The summed E-state index contributed by atoms with van der Waals surface area (Å²) in [5.41, 5.74) is 0. The third-order valence-corrected chi connectivity index (χ3v) is 9.36. The van der Waals surface area contributed by atoms with Crippen LogP contribution < -0.4 is 5.32 Å². The Morgan fingerprint density at radius 2 is 0.571 bits per heavy atom. The number of aliphatic hydroxyl groups is 1. The summed E-state index contributed by atoms with van der Waals surface area (Å²) in [6.07, 6.45) is 48.7. The molecular weight excluding hydrogens is 534 g/mol. The Labute approximate surface area is 273 Å². The second-order valence-corrected chi connectivity index (χ2v) is 13.6. The molecule has 0 radical (unpaired) electrons. The van der Waals surface area contributed by atoms with Gasteiger partial charge in [0.2, 0.25) is 0 Å². The van der Waals surface area contributed by atoms with E-state index in [1.807, 2.05) is 0 Å². The van der Waals surface area contributed by atoms with Crippen LogP contribution in [0.5, 0.6) is 0 Å². The molecule has 0 heterocycles. The summed E-state index contributed by atoms with van der Waals surface area (Å²) >= 11 is 0. The zero-order chi connectivity index (χ0) is 29.7. The Morgan fingerprint density at radius 3 is 0.786 bits per heavy atom. The number of rotatable bonds is 37. The molecule has 0 fully saturated rings. The highest BCUT2D eigenvalue weighted by Gasteiger charge is 2.07. The van der Waals surface area contributed by atoms with Crippen molar-refractivity contribution in [3.8, 4) is 0 Å². The first-order valence-corrected chi connectivity index (χ1v) is 19.7. The molecule has 0 aromatic carbocycles. The van der Waals surface area contributed by atoms with E-state index in [1.54, 1.807) is 0 Å². The second kappa shape index (κ2) is 41.2. The molecule has 0 bridgehead atoms. The van der Waals surface area contributed by atoms with Crippen molar-refractivity contribution in [3.63, 3.8) is 0 Å². The van der Waals surface area contributed by atoms with E-state index in [4.69, 9.17) is 0 Å². The minimum atomic E-state index is 0. The standard InChI is InChI=1S/C39H81NO.ClH/c1-3-5-7-9-11-13-15-17-19-21-23-25-27-29-31-33-35-39(40-37-38-41)36-34-32-30-28-26-24-22-20-18-16-14-12-10-8-6-4-2;/h39-41H,3-38H2,1-2H3;1H. The summed E-state index contributed by atoms with van der Waals surface area (Å²) in [4.78, 5) is 0. The number of hydrogen-bond donors (Lipinski definition) is 2. The second-order valence-electron chi connectivity index (χ2n) is 13.6. The molecule has 2 nitrogen and oxygen atoms in total. The van der Waals surface area contributed by atoms with Crippen LogP contribution in [0.25, 0.3) is 0 Å². The molecule has 2 N–H and O–H groups in total. The van der Waals surface area contributed by atoms with Crippen LogP contribution in [0.2, 0.25) is 0 Å².